The molecule has 1 unspecified atom stereocenters. The summed E-state index contributed by atoms with van der Waals surface area (Å²) in [6.45, 7) is 8.40. The van der Waals surface area contributed by atoms with E-state index in [1.54, 1.807) is 12.1 Å². The quantitative estimate of drug-likeness (QED) is 0.871. The molecule has 2 rings (SSSR count). The van der Waals surface area contributed by atoms with E-state index in [4.69, 9.17) is 4.74 Å². The molecule has 1 atom stereocenters. The molecule has 1 aromatic rings. The monoisotopic (exact) mass is 235 g/mol. The lowest BCUT2D eigenvalue weighted by molar-refractivity contribution is 0.128. The highest BCUT2D eigenvalue weighted by Crippen LogP contribution is 2.38. The molecule has 0 bridgehead atoms. The van der Waals surface area contributed by atoms with Crippen LogP contribution in [-0.2, 0) is 0 Å². The summed E-state index contributed by atoms with van der Waals surface area (Å²) in [5.74, 6) is 1.10. The molecule has 1 heterocycles. The van der Waals surface area contributed by atoms with Gasteiger partial charge in [-0.2, -0.15) is 0 Å². The van der Waals surface area contributed by atoms with E-state index in [0.717, 1.165) is 18.7 Å². The van der Waals surface area contributed by atoms with Crippen molar-refractivity contribution in [3.63, 3.8) is 0 Å². The first kappa shape index (κ1) is 12.2. The first-order valence-electron chi connectivity index (χ1n) is 6.35. The lowest BCUT2D eigenvalue weighted by Crippen LogP contribution is -2.36. The third-order valence-corrected chi connectivity index (χ3v) is 3.30. The van der Waals surface area contributed by atoms with E-state index in [-0.39, 0.29) is 5.75 Å². The van der Waals surface area contributed by atoms with Crippen molar-refractivity contribution >= 4 is 0 Å². The fourth-order valence-electron chi connectivity index (χ4n) is 2.49. The van der Waals surface area contributed by atoms with Crippen LogP contribution < -0.4 is 4.74 Å². The molecule has 0 fully saturated rings. The highest BCUT2D eigenvalue weighted by molar-refractivity contribution is 5.44. The van der Waals surface area contributed by atoms with Crippen LogP contribution in [0.3, 0.4) is 0 Å². The van der Waals surface area contributed by atoms with E-state index in [1.165, 1.54) is 5.56 Å². The van der Waals surface area contributed by atoms with E-state index >= 15 is 0 Å². The topological polar surface area (TPSA) is 32.7 Å². The second-order valence-electron chi connectivity index (χ2n) is 4.88. The number of benzene rings is 1. The Morgan fingerprint density at radius 1 is 1.47 bits per heavy atom. The summed E-state index contributed by atoms with van der Waals surface area (Å²) >= 11 is 0. The van der Waals surface area contributed by atoms with Gasteiger partial charge in [-0.25, -0.2) is 0 Å². The lowest BCUT2D eigenvalue weighted by Gasteiger charge is -2.31. The molecule has 1 aliphatic rings. The third kappa shape index (κ3) is 2.39. The Labute approximate surface area is 103 Å². The van der Waals surface area contributed by atoms with Crippen molar-refractivity contribution < 1.29 is 9.84 Å². The van der Waals surface area contributed by atoms with E-state index in [9.17, 15) is 5.11 Å². The number of aromatic hydroxyl groups is 1. The van der Waals surface area contributed by atoms with Gasteiger partial charge in [0.1, 0.15) is 18.1 Å². The smallest absolute Gasteiger partial charge is 0.127 e. The summed E-state index contributed by atoms with van der Waals surface area (Å²) in [4.78, 5) is 2.46. The Kier molecular flexibility index (Phi) is 3.57. The molecular weight excluding hydrogens is 214 g/mol. The molecule has 17 heavy (non-hydrogen) atoms. The first-order valence-corrected chi connectivity index (χ1v) is 6.35. The number of hydrogen-bond acceptors (Lipinski definition) is 3. The van der Waals surface area contributed by atoms with Gasteiger partial charge in [0.05, 0.1) is 6.04 Å². The molecule has 0 saturated carbocycles. The molecule has 3 nitrogen and oxygen atoms in total. The molecule has 3 heteroatoms. The van der Waals surface area contributed by atoms with Crippen molar-refractivity contribution in [3.05, 3.63) is 23.8 Å². The zero-order chi connectivity index (χ0) is 12.4. The van der Waals surface area contributed by atoms with E-state index in [1.807, 2.05) is 6.07 Å². The maximum atomic E-state index is 9.44. The zero-order valence-electron chi connectivity index (χ0n) is 10.8. The first-order chi connectivity index (χ1) is 8.13. The van der Waals surface area contributed by atoms with Crippen LogP contribution in [0.15, 0.2) is 18.2 Å². The van der Waals surface area contributed by atoms with Crippen LogP contribution in [0.4, 0.5) is 0 Å². The number of phenols is 1. The minimum Gasteiger partial charge on any atom is -0.508 e. The van der Waals surface area contributed by atoms with Crippen LogP contribution in [0.5, 0.6) is 11.5 Å². The van der Waals surface area contributed by atoms with Crippen LogP contribution >= 0.6 is 0 Å². The fraction of sp³-hybridized carbons (Fsp3) is 0.571. The number of fused-ring (bicyclic) bond motifs is 1. The molecule has 0 spiro atoms. The number of ether oxygens (including phenoxy) is 1. The van der Waals surface area contributed by atoms with E-state index in [2.05, 4.69) is 25.7 Å². The maximum absolute atomic E-state index is 9.44. The predicted octanol–water partition coefficient (Wildman–Crippen LogP) is 2.95. The summed E-state index contributed by atoms with van der Waals surface area (Å²) in [5, 5.41) is 9.44. The largest absolute Gasteiger partial charge is 0.508 e. The van der Waals surface area contributed by atoms with Crippen molar-refractivity contribution in [2.75, 3.05) is 13.2 Å². The highest BCUT2D eigenvalue weighted by atomic mass is 16.5. The Morgan fingerprint density at radius 3 is 2.88 bits per heavy atom. The van der Waals surface area contributed by atoms with Crippen molar-refractivity contribution in [2.45, 2.75) is 39.3 Å². The van der Waals surface area contributed by atoms with Crippen LogP contribution in [0.2, 0.25) is 0 Å². The number of nitrogens with zero attached hydrogens (tertiary/aromatic N) is 1. The van der Waals surface area contributed by atoms with Gasteiger partial charge in [-0.05, 0) is 38.9 Å². The van der Waals surface area contributed by atoms with Gasteiger partial charge in [0.15, 0.2) is 0 Å². The molecule has 0 amide bonds. The van der Waals surface area contributed by atoms with Gasteiger partial charge in [-0.3, -0.25) is 4.90 Å². The summed E-state index contributed by atoms with van der Waals surface area (Å²) in [7, 11) is 0. The SMILES string of the molecule is CCCN(C(C)C)C1COc2cc(O)ccc21. The normalized spacial score (nSPS) is 18.5. The Hall–Kier alpha value is -1.22. The Bertz CT molecular complexity index is 390. The van der Waals surface area contributed by atoms with Gasteiger partial charge < -0.3 is 9.84 Å². The molecule has 94 valence electrons. The summed E-state index contributed by atoms with van der Waals surface area (Å²) < 4.78 is 5.67. The number of rotatable bonds is 4. The van der Waals surface area contributed by atoms with Crippen molar-refractivity contribution in [2.24, 2.45) is 0 Å². The lowest BCUT2D eigenvalue weighted by atomic mass is 10.0. The van der Waals surface area contributed by atoms with Crippen LogP contribution in [0.25, 0.3) is 0 Å². The van der Waals surface area contributed by atoms with Gasteiger partial charge in [-0.1, -0.05) is 6.92 Å². The van der Waals surface area contributed by atoms with E-state index < -0.39 is 0 Å². The average molecular weight is 235 g/mol. The van der Waals surface area contributed by atoms with Crippen molar-refractivity contribution in [3.8, 4) is 11.5 Å². The van der Waals surface area contributed by atoms with Gasteiger partial charge in [0.25, 0.3) is 0 Å². The predicted molar refractivity (Wildman–Crippen MR) is 68.5 cm³/mol. The van der Waals surface area contributed by atoms with E-state index in [0.29, 0.717) is 18.7 Å². The molecule has 0 aliphatic carbocycles. The molecule has 1 N–H and O–H groups in total. The second kappa shape index (κ2) is 4.96. The third-order valence-electron chi connectivity index (χ3n) is 3.30. The highest BCUT2D eigenvalue weighted by Gasteiger charge is 2.30. The standard InChI is InChI=1S/C14H21NO2/c1-4-7-15(10(2)3)13-9-17-14-8-11(16)5-6-12(13)14/h5-6,8,10,13,16H,4,7,9H2,1-3H3. The fourth-order valence-corrected chi connectivity index (χ4v) is 2.49. The molecule has 0 aromatic heterocycles. The Morgan fingerprint density at radius 2 is 2.24 bits per heavy atom. The van der Waals surface area contributed by atoms with Crippen LogP contribution in [0.1, 0.15) is 38.8 Å². The molecule has 0 radical (unpaired) electrons. The summed E-state index contributed by atoms with van der Waals surface area (Å²) in [6, 6.07) is 6.26. The van der Waals surface area contributed by atoms with Gasteiger partial charge in [0, 0.05) is 17.7 Å². The molecule has 1 aromatic carbocycles. The van der Waals surface area contributed by atoms with Gasteiger partial charge in [-0.15, -0.1) is 0 Å². The summed E-state index contributed by atoms with van der Waals surface area (Å²) in [5.41, 5.74) is 1.20. The second-order valence-corrected chi connectivity index (χ2v) is 4.88. The molecule has 0 saturated heterocycles. The van der Waals surface area contributed by atoms with Crippen molar-refractivity contribution in [1.82, 2.24) is 4.90 Å². The number of phenolic OH excluding ortho intramolecular Hbond substituents is 1. The van der Waals surface area contributed by atoms with Gasteiger partial charge >= 0.3 is 0 Å². The summed E-state index contributed by atoms with van der Waals surface area (Å²) in [6.07, 6.45) is 1.14. The van der Waals surface area contributed by atoms with Gasteiger partial charge in [0.2, 0.25) is 0 Å². The van der Waals surface area contributed by atoms with Crippen molar-refractivity contribution in [1.29, 1.82) is 0 Å². The molecule has 1 aliphatic heterocycles. The Balaban J connectivity index is 2.25. The molecular formula is C14H21NO2. The van der Waals surface area contributed by atoms with Crippen LogP contribution in [-0.4, -0.2) is 29.2 Å². The minimum atomic E-state index is 0.274. The maximum Gasteiger partial charge on any atom is 0.127 e. The average Bonchev–Trinajstić information content (AvgIpc) is 2.68. The van der Waals surface area contributed by atoms with Crippen LogP contribution in [0, 0.1) is 0 Å². The zero-order valence-corrected chi connectivity index (χ0v) is 10.8. The number of hydrogen-bond donors (Lipinski definition) is 1. The minimum absolute atomic E-state index is 0.274.